The first-order valence-corrected chi connectivity index (χ1v) is 3.69. The fraction of sp³-hybridized carbons (Fsp3) is 0.500. The molecule has 0 radical (unpaired) electrons. The van der Waals surface area contributed by atoms with Crippen molar-refractivity contribution in [2.45, 2.75) is 20.1 Å². The molecule has 3 nitrogen and oxygen atoms in total. The molecule has 1 aliphatic rings. The maximum atomic E-state index is 9.36. The molecule has 0 fully saturated rings. The van der Waals surface area contributed by atoms with Gasteiger partial charge in [0.05, 0.1) is 0 Å². The third-order valence-electron chi connectivity index (χ3n) is 1.72. The number of rotatable bonds is 1. The van der Waals surface area contributed by atoms with Gasteiger partial charge in [0.25, 0.3) is 0 Å². The fourth-order valence-electron chi connectivity index (χ4n) is 1.14. The number of aliphatic hydroxyl groups excluding tert-OH is 2. The number of likely N-dealkylation sites (N-methyl/N-ethyl adjacent to an activating group) is 1. The van der Waals surface area contributed by atoms with Crippen LogP contribution >= 0.6 is 0 Å². The summed E-state index contributed by atoms with van der Waals surface area (Å²) in [5.41, 5.74) is 0.889. The quantitative estimate of drug-likeness (QED) is 0.593. The molecule has 1 aliphatic heterocycles. The van der Waals surface area contributed by atoms with Crippen LogP contribution in [0.5, 0.6) is 0 Å². The molecule has 0 bridgehead atoms. The number of nitrogens with zero attached hydrogens (tertiary/aromatic N) is 1. The van der Waals surface area contributed by atoms with Crippen LogP contribution in [0.3, 0.4) is 0 Å². The Kier molecular flexibility index (Phi) is 2.19. The van der Waals surface area contributed by atoms with Gasteiger partial charge in [-0.15, -0.1) is 0 Å². The topological polar surface area (TPSA) is 43.7 Å². The molecular formula is C8H13NO2. The van der Waals surface area contributed by atoms with Crippen molar-refractivity contribution in [3.8, 4) is 0 Å². The first-order valence-electron chi connectivity index (χ1n) is 3.69. The Balaban J connectivity index is 2.82. The van der Waals surface area contributed by atoms with Gasteiger partial charge in [-0.05, 0) is 25.5 Å². The van der Waals surface area contributed by atoms with Crippen LogP contribution in [0.4, 0.5) is 0 Å². The molecular weight excluding hydrogens is 142 g/mol. The van der Waals surface area contributed by atoms with Crippen molar-refractivity contribution in [3.05, 3.63) is 23.6 Å². The molecule has 0 saturated carbocycles. The first-order chi connectivity index (χ1) is 5.15. The number of hydrogen-bond donors (Lipinski definition) is 2. The van der Waals surface area contributed by atoms with Crippen molar-refractivity contribution in [2.75, 3.05) is 6.54 Å². The van der Waals surface area contributed by atoms with Crippen molar-refractivity contribution in [3.63, 3.8) is 0 Å². The third kappa shape index (κ3) is 1.54. The predicted molar refractivity (Wildman–Crippen MR) is 42.9 cm³/mol. The normalized spacial score (nSPS) is 24.6. The molecule has 1 unspecified atom stereocenters. The fourth-order valence-corrected chi connectivity index (χ4v) is 1.14. The summed E-state index contributed by atoms with van der Waals surface area (Å²) < 4.78 is 0. The van der Waals surface area contributed by atoms with Gasteiger partial charge >= 0.3 is 0 Å². The summed E-state index contributed by atoms with van der Waals surface area (Å²) in [6.07, 6.45) is 2.66. The van der Waals surface area contributed by atoms with Crippen LogP contribution in [-0.4, -0.2) is 27.9 Å². The Hall–Kier alpha value is -0.960. The largest absolute Gasteiger partial charge is 0.495 e. The van der Waals surface area contributed by atoms with Crippen LogP contribution < -0.4 is 0 Å². The van der Waals surface area contributed by atoms with E-state index in [9.17, 15) is 10.2 Å². The van der Waals surface area contributed by atoms with E-state index in [-0.39, 0.29) is 5.88 Å². The van der Waals surface area contributed by atoms with Gasteiger partial charge in [0, 0.05) is 12.6 Å². The summed E-state index contributed by atoms with van der Waals surface area (Å²) in [6, 6.07) is 0. The average molecular weight is 155 g/mol. The molecule has 2 N–H and O–H groups in total. The standard InChI is InChI=1S/C8H13NO2/c1-3-9-7(10)4-6(2)5-8(9)11/h4-5,7,10-11H,3H2,1-2H3. The highest BCUT2D eigenvalue weighted by Crippen LogP contribution is 2.15. The molecule has 0 amide bonds. The van der Waals surface area contributed by atoms with Gasteiger partial charge in [-0.1, -0.05) is 0 Å². The number of allylic oxidation sites excluding steroid dienone is 2. The molecule has 1 rings (SSSR count). The van der Waals surface area contributed by atoms with Crippen molar-refractivity contribution >= 4 is 0 Å². The molecule has 11 heavy (non-hydrogen) atoms. The Morgan fingerprint density at radius 2 is 2.27 bits per heavy atom. The highest BCUT2D eigenvalue weighted by molar-refractivity contribution is 5.23. The lowest BCUT2D eigenvalue weighted by atomic mass is 10.2. The smallest absolute Gasteiger partial charge is 0.189 e. The van der Waals surface area contributed by atoms with E-state index in [0.29, 0.717) is 6.54 Å². The van der Waals surface area contributed by atoms with Gasteiger partial charge in [0.15, 0.2) is 5.88 Å². The van der Waals surface area contributed by atoms with E-state index < -0.39 is 6.23 Å². The van der Waals surface area contributed by atoms with Gasteiger partial charge in [0.1, 0.15) is 6.23 Å². The Morgan fingerprint density at radius 3 is 2.73 bits per heavy atom. The Morgan fingerprint density at radius 1 is 1.64 bits per heavy atom. The van der Waals surface area contributed by atoms with E-state index in [2.05, 4.69) is 0 Å². The van der Waals surface area contributed by atoms with Crippen LogP contribution in [0, 0.1) is 0 Å². The molecule has 0 aromatic rings. The molecule has 0 aliphatic carbocycles. The molecule has 0 aromatic heterocycles. The second-order valence-electron chi connectivity index (χ2n) is 2.61. The van der Waals surface area contributed by atoms with E-state index in [1.807, 2.05) is 13.8 Å². The van der Waals surface area contributed by atoms with Crippen LogP contribution in [-0.2, 0) is 0 Å². The monoisotopic (exact) mass is 155 g/mol. The minimum Gasteiger partial charge on any atom is -0.495 e. The van der Waals surface area contributed by atoms with Crippen LogP contribution in [0.2, 0.25) is 0 Å². The molecule has 1 atom stereocenters. The van der Waals surface area contributed by atoms with E-state index in [1.54, 1.807) is 12.2 Å². The molecule has 1 heterocycles. The van der Waals surface area contributed by atoms with Gasteiger partial charge in [-0.3, -0.25) is 0 Å². The van der Waals surface area contributed by atoms with Crippen LogP contribution in [0.25, 0.3) is 0 Å². The number of aliphatic hydroxyl groups is 2. The maximum Gasteiger partial charge on any atom is 0.189 e. The summed E-state index contributed by atoms with van der Waals surface area (Å²) in [5, 5.41) is 18.7. The summed E-state index contributed by atoms with van der Waals surface area (Å²) in [4.78, 5) is 1.51. The summed E-state index contributed by atoms with van der Waals surface area (Å²) in [6.45, 7) is 4.32. The van der Waals surface area contributed by atoms with Crippen molar-refractivity contribution in [1.29, 1.82) is 0 Å². The predicted octanol–water partition coefficient (Wildman–Crippen LogP) is 0.986. The van der Waals surface area contributed by atoms with Crippen LogP contribution in [0.15, 0.2) is 23.6 Å². The van der Waals surface area contributed by atoms with E-state index in [4.69, 9.17) is 0 Å². The van der Waals surface area contributed by atoms with Crippen molar-refractivity contribution < 1.29 is 10.2 Å². The molecule has 0 saturated heterocycles. The molecule has 62 valence electrons. The van der Waals surface area contributed by atoms with Crippen molar-refractivity contribution in [1.82, 2.24) is 4.90 Å². The number of hydrogen-bond acceptors (Lipinski definition) is 3. The van der Waals surface area contributed by atoms with E-state index in [1.165, 1.54) is 4.90 Å². The zero-order chi connectivity index (χ0) is 8.43. The minimum atomic E-state index is -0.676. The van der Waals surface area contributed by atoms with Gasteiger partial charge in [-0.25, -0.2) is 0 Å². The average Bonchev–Trinajstić information content (AvgIpc) is 1.85. The minimum absolute atomic E-state index is 0.139. The van der Waals surface area contributed by atoms with Gasteiger partial charge in [0.2, 0.25) is 0 Å². The van der Waals surface area contributed by atoms with Crippen molar-refractivity contribution in [2.24, 2.45) is 0 Å². The lowest BCUT2D eigenvalue weighted by Crippen LogP contribution is -2.34. The van der Waals surface area contributed by atoms with E-state index in [0.717, 1.165) is 5.57 Å². The lowest BCUT2D eigenvalue weighted by molar-refractivity contribution is 0.0317. The molecule has 0 aromatic carbocycles. The SMILES string of the molecule is CCN1C(O)=CC(C)=CC1O. The maximum absolute atomic E-state index is 9.36. The Labute approximate surface area is 66.3 Å². The third-order valence-corrected chi connectivity index (χ3v) is 1.72. The zero-order valence-electron chi connectivity index (χ0n) is 6.78. The highest BCUT2D eigenvalue weighted by Gasteiger charge is 2.17. The summed E-state index contributed by atoms with van der Waals surface area (Å²) in [7, 11) is 0. The molecule has 0 spiro atoms. The van der Waals surface area contributed by atoms with Crippen LogP contribution in [0.1, 0.15) is 13.8 Å². The zero-order valence-corrected chi connectivity index (χ0v) is 6.78. The first kappa shape index (κ1) is 8.14. The summed E-state index contributed by atoms with van der Waals surface area (Å²) in [5.74, 6) is 0.139. The second-order valence-corrected chi connectivity index (χ2v) is 2.61. The highest BCUT2D eigenvalue weighted by atomic mass is 16.3. The molecule has 3 heteroatoms. The van der Waals surface area contributed by atoms with Gasteiger partial charge in [-0.2, -0.15) is 0 Å². The Bertz CT molecular complexity index is 208. The second kappa shape index (κ2) is 2.96. The summed E-state index contributed by atoms with van der Waals surface area (Å²) >= 11 is 0. The van der Waals surface area contributed by atoms with Gasteiger partial charge < -0.3 is 15.1 Å². The van der Waals surface area contributed by atoms with E-state index >= 15 is 0 Å². The lowest BCUT2D eigenvalue weighted by Gasteiger charge is -2.28.